The number of hydrogen-bond acceptors (Lipinski definition) is 4. The lowest BCUT2D eigenvalue weighted by atomic mass is 10.0. The van der Waals surface area contributed by atoms with Gasteiger partial charge in [0.05, 0.1) is 23.2 Å². The topological polar surface area (TPSA) is 100 Å². The predicted octanol–water partition coefficient (Wildman–Crippen LogP) is 4.52. The largest absolute Gasteiger partial charge is 0.326 e. The van der Waals surface area contributed by atoms with E-state index in [1.165, 1.54) is 6.92 Å². The normalized spacial score (nSPS) is 10.5. The van der Waals surface area contributed by atoms with E-state index < -0.39 is 5.91 Å². The van der Waals surface area contributed by atoms with E-state index in [9.17, 15) is 14.4 Å². The van der Waals surface area contributed by atoms with E-state index in [1.54, 1.807) is 48.5 Å². The fourth-order valence-corrected chi connectivity index (χ4v) is 3.59. The Morgan fingerprint density at radius 2 is 1.59 bits per heavy atom. The van der Waals surface area contributed by atoms with Crippen molar-refractivity contribution < 1.29 is 14.4 Å². The Labute approximate surface area is 201 Å². The van der Waals surface area contributed by atoms with Gasteiger partial charge in [-0.25, -0.2) is 4.98 Å². The molecule has 8 heteroatoms. The third kappa shape index (κ3) is 5.57. The van der Waals surface area contributed by atoms with Gasteiger partial charge in [-0.3, -0.25) is 25.2 Å². The van der Waals surface area contributed by atoms with E-state index >= 15 is 0 Å². The van der Waals surface area contributed by atoms with Crippen LogP contribution in [0.1, 0.15) is 22.8 Å². The van der Waals surface area contributed by atoms with Gasteiger partial charge in [0.15, 0.2) is 0 Å². The van der Waals surface area contributed by atoms with Gasteiger partial charge in [0.25, 0.3) is 5.91 Å². The Balaban J connectivity index is 1.48. The molecule has 1 aromatic heterocycles. The molecule has 0 fully saturated rings. The summed E-state index contributed by atoms with van der Waals surface area (Å²) in [6.07, 6.45) is 0.0632. The molecule has 0 radical (unpaired) electrons. The number of anilines is 1. The van der Waals surface area contributed by atoms with E-state index in [4.69, 9.17) is 11.6 Å². The highest BCUT2D eigenvalue weighted by Crippen LogP contribution is 2.26. The number of benzene rings is 3. The molecule has 0 bridgehead atoms. The smallest absolute Gasteiger partial charge is 0.270 e. The third-order valence-corrected chi connectivity index (χ3v) is 5.31. The zero-order valence-corrected chi connectivity index (χ0v) is 19.0. The Bertz CT molecular complexity index is 1370. The monoisotopic (exact) mass is 472 g/mol. The lowest BCUT2D eigenvalue weighted by Crippen LogP contribution is -2.42. The molecule has 1 heterocycles. The first-order chi connectivity index (χ1) is 16.4. The summed E-state index contributed by atoms with van der Waals surface area (Å²) in [4.78, 5) is 41.1. The first-order valence-electron chi connectivity index (χ1n) is 10.5. The Morgan fingerprint density at radius 1 is 0.882 bits per heavy atom. The van der Waals surface area contributed by atoms with Gasteiger partial charge in [-0.1, -0.05) is 54.1 Å². The van der Waals surface area contributed by atoms with Crippen LogP contribution >= 0.6 is 11.6 Å². The van der Waals surface area contributed by atoms with Gasteiger partial charge in [0.2, 0.25) is 11.8 Å². The first kappa shape index (κ1) is 22.9. The number of amides is 3. The van der Waals surface area contributed by atoms with Gasteiger partial charge >= 0.3 is 0 Å². The molecule has 4 aromatic rings. The van der Waals surface area contributed by atoms with Crippen molar-refractivity contribution in [2.24, 2.45) is 0 Å². The SMILES string of the molecule is CC(=O)Nc1ccc(CC(=O)NNC(=O)c2cc(-c3ccc(Cl)cc3)nc3ccccc23)cc1. The molecule has 0 saturated heterocycles. The van der Waals surface area contributed by atoms with Crippen molar-refractivity contribution in [1.82, 2.24) is 15.8 Å². The van der Waals surface area contributed by atoms with Crippen LogP contribution in [0, 0.1) is 0 Å². The van der Waals surface area contributed by atoms with E-state index in [0.29, 0.717) is 32.9 Å². The third-order valence-electron chi connectivity index (χ3n) is 5.06. The van der Waals surface area contributed by atoms with Crippen molar-refractivity contribution in [3.63, 3.8) is 0 Å². The molecule has 3 aromatic carbocycles. The van der Waals surface area contributed by atoms with Gasteiger partial charge < -0.3 is 5.32 Å². The molecule has 0 unspecified atom stereocenters. The number of para-hydroxylation sites is 1. The van der Waals surface area contributed by atoms with Gasteiger partial charge in [0, 0.05) is 28.6 Å². The molecule has 0 aliphatic heterocycles. The second-order valence-electron chi connectivity index (χ2n) is 7.64. The zero-order valence-electron chi connectivity index (χ0n) is 18.3. The highest BCUT2D eigenvalue weighted by Gasteiger charge is 2.15. The lowest BCUT2D eigenvalue weighted by molar-refractivity contribution is -0.121. The molecule has 170 valence electrons. The van der Waals surface area contributed by atoms with E-state index in [2.05, 4.69) is 21.2 Å². The van der Waals surface area contributed by atoms with E-state index in [0.717, 1.165) is 11.1 Å². The number of hydrazine groups is 1. The molecule has 0 aliphatic carbocycles. The summed E-state index contributed by atoms with van der Waals surface area (Å²) >= 11 is 5.99. The van der Waals surface area contributed by atoms with Crippen LogP contribution in [0.2, 0.25) is 5.02 Å². The number of fused-ring (bicyclic) bond motifs is 1. The van der Waals surface area contributed by atoms with Crippen molar-refractivity contribution in [3.05, 3.63) is 95.0 Å². The second kappa shape index (κ2) is 10.1. The molecule has 0 spiro atoms. The minimum Gasteiger partial charge on any atom is -0.326 e. The fourth-order valence-electron chi connectivity index (χ4n) is 3.46. The lowest BCUT2D eigenvalue weighted by Gasteiger charge is -2.12. The van der Waals surface area contributed by atoms with Crippen LogP contribution in [0.5, 0.6) is 0 Å². The minimum absolute atomic E-state index is 0.0632. The molecule has 4 rings (SSSR count). The summed E-state index contributed by atoms with van der Waals surface area (Å²) in [6, 6.07) is 23.1. The van der Waals surface area contributed by atoms with Crippen molar-refractivity contribution in [2.75, 3.05) is 5.32 Å². The molecule has 0 aliphatic rings. The number of nitrogens with zero attached hydrogens (tertiary/aromatic N) is 1. The van der Waals surface area contributed by atoms with Crippen molar-refractivity contribution in [3.8, 4) is 11.3 Å². The second-order valence-corrected chi connectivity index (χ2v) is 8.07. The maximum absolute atomic E-state index is 13.0. The van der Waals surface area contributed by atoms with E-state index in [-0.39, 0.29) is 18.2 Å². The minimum atomic E-state index is -0.455. The van der Waals surface area contributed by atoms with Gasteiger partial charge in [-0.15, -0.1) is 0 Å². The number of aromatic nitrogens is 1. The highest BCUT2D eigenvalue weighted by atomic mass is 35.5. The number of nitrogens with one attached hydrogen (secondary N) is 3. The summed E-state index contributed by atoms with van der Waals surface area (Å²) in [7, 11) is 0. The molecule has 0 atom stereocenters. The number of rotatable bonds is 5. The summed E-state index contributed by atoms with van der Waals surface area (Å²) in [5, 5.41) is 3.94. The number of pyridine rings is 1. The molecule has 3 amide bonds. The van der Waals surface area contributed by atoms with Crippen LogP contribution in [-0.4, -0.2) is 22.7 Å². The first-order valence-corrected chi connectivity index (χ1v) is 10.9. The highest BCUT2D eigenvalue weighted by molar-refractivity contribution is 6.30. The standard InChI is InChI=1S/C26H21ClN4O3/c1-16(32)28-20-12-6-17(7-13-20)14-25(33)30-31-26(34)22-15-24(18-8-10-19(27)11-9-18)29-23-5-3-2-4-21(22)23/h2-13,15H,14H2,1H3,(H,28,32)(H,30,33)(H,31,34). The van der Waals surface area contributed by atoms with Gasteiger partial charge in [-0.05, 0) is 42.0 Å². The molecular formula is C26H21ClN4O3. The van der Waals surface area contributed by atoms with Crippen LogP contribution < -0.4 is 16.2 Å². The fraction of sp³-hybridized carbons (Fsp3) is 0.0769. The summed E-state index contributed by atoms with van der Waals surface area (Å²) < 4.78 is 0. The quantitative estimate of drug-likeness (QED) is 0.372. The molecule has 7 nitrogen and oxygen atoms in total. The average Bonchev–Trinajstić information content (AvgIpc) is 2.83. The van der Waals surface area contributed by atoms with Crippen LogP contribution in [0.4, 0.5) is 5.69 Å². The predicted molar refractivity (Wildman–Crippen MR) is 132 cm³/mol. The van der Waals surface area contributed by atoms with Gasteiger partial charge in [-0.2, -0.15) is 0 Å². The Morgan fingerprint density at radius 3 is 2.29 bits per heavy atom. The van der Waals surface area contributed by atoms with Crippen molar-refractivity contribution in [1.29, 1.82) is 0 Å². The number of halogens is 1. The van der Waals surface area contributed by atoms with Crippen LogP contribution in [0.25, 0.3) is 22.2 Å². The number of carbonyl (C=O) groups excluding carboxylic acids is 3. The molecule has 34 heavy (non-hydrogen) atoms. The van der Waals surface area contributed by atoms with Crippen LogP contribution in [0.3, 0.4) is 0 Å². The molecular weight excluding hydrogens is 452 g/mol. The molecule has 3 N–H and O–H groups in total. The van der Waals surface area contributed by atoms with Crippen molar-refractivity contribution in [2.45, 2.75) is 13.3 Å². The van der Waals surface area contributed by atoms with Crippen LogP contribution in [0.15, 0.2) is 78.9 Å². The number of carbonyl (C=O) groups is 3. The summed E-state index contributed by atoms with van der Waals surface area (Å²) in [5.74, 6) is -1.00. The van der Waals surface area contributed by atoms with E-state index in [1.807, 2.05) is 30.3 Å². The maximum Gasteiger partial charge on any atom is 0.270 e. The average molecular weight is 473 g/mol. The van der Waals surface area contributed by atoms with Crippen molar-refractivity contribution >= 4 is 45.9 Å². The Kier molecular flexibility index (Phi) is 6.85. The summed E-state index contributed by atoms with van der Waals surface area (Å²) in [6.45, 7) is 1.43. The van der Waals surface area contributed by atoms with Crippen LogP contribution in [-0.2, 0) is 16.0 Å². The zero-order chi connectivity index (χ0) is 24.1. The molecule has 0 saturated carbocycles. The Hall–Kier alpha value is -4.23. The maximum atomic E-state index is 13.0. The van der Waals surface area contributed by atoms with Gasteiger partial charge in [0.1, 0.15) is 0 Å². The number of hydrogen-bond donors (Lipinski definition) is 3. The summed E-state index contributed by atoms with van der Waals surface area (Å²) in [5.41, 5.74) is 8.81.